The lowest BCUT2D eigenvalue weighted by Crippen LogP contribution is -2.39. The van der Waals surface area contributed by atoms with Gasteiger partial charge >= 0.3 is 0 Å². The molecule has 0 saturated carbocycles. The largest absolute Gasteiger partial charge is 0.508 e. The van der Waals surface area contributed by atoms with E-state index in [0.29, 0.717) is 35.7 Å². The Morgan fingerprint density at radius 3 is 3.04 bits per heavy atom. The van der Waals surface area contributed by atoms with Crippen LogP contribution in [0.5, 0.6) is 5.75 Å². The van der Waals surface area contributed by atoms with E-state index in [2.05, 4.69) is 31.1 Å². The molecule has 1 aromatic carbocycles. The molecule has 27 heavy (non-hydrogen) atoms. The van der Waals surface area contributed by atoms with Gasteiger partial charge in [0.15, 0.2) is 0 Å². The summed E-state index contributed by atoms with van der Waals surface area (Å²) in [6.45, 7) is 1.69. The van der Waals surface area contributed by atoms with Crippen molar-refractivity contribution < 1.29 is 9.63 Å². The van der Waals surface area contributed by atoms with Crippen LogP contribution in [0.15, 0.2) is 47.4 Å². The fourth-order valence-electron chi connectivity index (χ4n) is 3.65. The number of phenols is 1. The van der Waals surface area contributed by atoms with E-state index in [9.17, 15) is 5.11 Å². The van der Waals surface area contributed by atoms with Crippen LogP contribution < -0.4 is 0 Å². The zero-order valence-corrected chi connectivity index (χ0v) is 15.2. The normalized spacial score (nSPS) is 17.9. The number of aromatic hydroxyl groups is 1. The molecule has 1 aliphatic rings. The van der Waals surface area contributed by atoms with Gasteiger partial charge in [-0.25, -0.2) is 4.98 Å². The van der Waals surface area contributed by atoms with E-state index in [-0.39, 0.29) is 0 Å². The van der Waals surface area contributed by atoms with Crippen molar-refractivity contribution in [2.75, 3.05) is 6.54 Å². The molecule has 3 heterocycles. The molecule has 1 N–H and O–H groups in total. The molecule has 140 valence electrons. The smallest absolute Gasteiger partial charge is 0.241 e. The number of piperidine rings is 1. The predicted octanol–water partition coefficient (Wildman–Crippen LogP) is 3.22. The first-order valence-corrected chi connectivity index (χ1v) is 9.39. The number of benzene rings is 1. The molecule has 0 spiro atoms. The van der Waals surface area contributed by atoms with Crippen LogP contribution in [0.2, 0.25) is 0 Å². The second-order valence-corrected chi connectivity index (χ2v) is 6.93. The van der Waals surface area contributed by atoms with Crippen LogP contribution in [0.4, 0.5) is 0 Å². The zero-order valence-electron chi connectivity index (χ0n) is 15.2. The lowest BCUT2D eigenvalue weighted by molar-refractivity contribution is 0.117. The Morgan fingerprint density at radius 1 is 1.22 bits per heavy atom. The summed E-state index contributed by atoms with van der Waals surface area (Å²) in [6.07, 6.45) is 10.5. The fourth-order valence-corrected chi connectivity index (χ4v) is 3.65. The van der Waals surface area contributed by atoms with E-state index >= 15 is 0 Å². The summed E-state index contributed by atoms with van der Waals surface area (Å²) >= 11 is 0. The second-order valence-electron chi connectivity index (χ2n) is 6.93. The Labute approximate surface area is 158 Å². The van der Waals surface area contributed by atoms with Gasteiger partial charge in [0, 0.05) is 18.4 Å². The maximum absolute atomic E-state index is 9.65. The van der Waals surface area contributed by atoms with Gasteiger partial charge < -0.3 is 9.63 Å². The van der Waals surface area contributed by atoms with Gasteiger partial charge in [-0.15, -0.1) is 0 Å². The molecule has 1 saturated heterocycles. The quantitative estimate of drug-likeness (QED) is 0.717. The summed E-state index contributed by atoms with van der Waals surface area (Å²) in [5.41, 5.74) is 1.79. The van der Waals surface area contributed by atoms with Crippen LogP contribution in [0, 0.1) is 0 Å². The van der Waals surface area contributed by atoms with Crippen LogP contribution in [0.3, 0.4) is 0 Å². The lowest BCUT2D eigenvalue weighted by Gasteiger charge is -2.34. The molecule has 2 aromatic heterocycles. The van der Waals surface area contributed by atoms with Crippen molar-refractivity contribution in [3.05, 3.63) is 54.3 Å². The molecule has 3 aromatic rings. The van der Waals surface area contributed by atoms with Crippen LogP contribution >= 0.6 is 0 Å². The van der Waals surface area contributed by atoms with Gasteiger partial charge in [0.05, 0.1) is 12.7 Å². The van der Waals surface area contributed by atoms with Gasteiger partial charge in [-0.3, -0.25) is 9.88 Å². The zero-order chi connectivity index (χ0) is 18.5. The summed E-state index contributed by atoms with van der Waals surface area (Å²) in [6, 6.07) is 8.00. The highest BCUT2D eigenvalue weighted by molar-refractivity contribution is 5.45. The van der Waals surface area contributed by atoms with Crippen molar-refractivity contribution in [1.82, 2.24) is 25.0 Å². The minimum absolute atomic E-state index is 0.329. The fraction of sp³-hybridized carbons (Fsp3) is 0.400. The van der Waals surface area contributed by atoms with E-state index in [1.54, 1.807) is 24.7 Å². The Balaban J connectivity index is 1.40. The predicted molar refractivity (Wildman–Crippen MR) is 99.8 cm³/mol. The number of nitrogens with zero attached hydrogens (tertiary/aromatic N) is 5. The van der Waals surface area contributed by atoms with Gasteiger partial charge in [0.2, 0.25) is 11.7 Å². The first kappa shape index (κ1) is 17.6. The van der Waals surface area contributed by atoms with Crippen molar-refractivity contribution in [2.24, 2.45) is 0 Å². The SMILES string of the molecule is Oc1cccc(CCC2CCCCN2Cc2nc(-c3cnccn3)no2)c1. The maximum Gasteiger partial charge on any atom is 0.241 e. The van der Waals surface area contributed by atoms with E-state index in [0.717, 1.165) is 19.4 Å². The van der Waals surface area contributed by atoms with Crippen molar-refractivity contribution >= 4 is 0 Å². The van der Waals surface area contributed by atoms with E-state index < -0.39 is 0 Å². The molecule has 7 heteroatoms. The highest BCUT2D eigenvalue weighted by Gasteiger charge is 2.24. The van der Waals surface area contributed by atoms with Crippen LogP contribution in [-0.2, 0) is 13.0 Å². The van der Waals surface area contributed by atoms with E-state index in [4.69, 9.17) is 4.52 Å². The van der Waals surface area contributed by atoms with Crippen molar-refractivity contribution in [3.8, 4) is 17.3 Å². The van der Waals surface area contributed by atoms with Crippen molar-refractivity contribution in [2.45, 2.75) is 44.7 Å². The van der Waals surface area contributed by atoms with Crippen molar-refractivity contribution in [3.63, 3.8) is 0 Å². The Hall–Kier alpha value is -2.80. The minimum Gasteiger partial charge on any atom is -0.508 e. The second kappa shape index (κ2) is 8.26. The molecule has 0 aliphatic carbocycles. The van der Waals surface area contributed by atoms with Crippen molar-refractivity contribution in [1.29, 1.82) is 0 Å². The highest BCUT2D eigenvalue weighted by Crippen LogP contribution is 2.24. The average Bonchev–Trinajstić information content (AvgIpc) is 3.17. The first-order valence-electron chi connectivity index (χ1n) is 9.39. The first-order chi connectivity index (χ1) is 13.3. The summed E-state index contributed by atoms with van der Waals surface area (Å²) in [7, 11) is 0. The van der Waals surface area contributed by atoms with E-state index in [1.807, 2.05) is 12.1 Å². The summed E-state index contributed by atoms with van der Waals surface area (Å²) in [5, 5.41) is 13.7. The number of hydrogen-bond acceptors (Lipinski definition) is 7. The monoisotopic (exact) mass is 365 g/mol. The van der Waals surface area contributed by atoms with Gasteiger partial charge in [-0.2, -0.15) is 4.98 Å². The number of aryl methyl sites for hydroxylation is 1. The number of aromatic nitrogens is 4. The lowest BCUT2D eigenvalue weighted by atomic mass is 9.96. The van der Waals surface area contributed by atoms with Crippen LogP contribution in [-0.4, -0.2) is 42.7 Å². The molecule has 0 radical (unpaired) electrons. The molecule has 1 atom stereocenters. The number of likely N-dealkylation sites (tertiary alicyclic amines) is 1. The average molecular weight is 365 g/mol. The molecule has 1 aliphatic heterocycles. The molecule has 0 amide bonds. The Kier molecular flexibility index (Phi) is 5.39. The molecule has 1 fully saturated rings. The van der Waals surface area contributed by atoms with Gasteiger partial charge in [0.25, 0.3) is 0 Å². The Bertz CT molecular complexity index is 868. The Morgan fingerprint density at radius 2 is 2.19 bits per heavy atom. The number of hydrogen-bond donors (Lipinski definition) is 1. The highest BCUT2D eigenvalue weighted by atomic mass is 16.5. The van der Waals surface area contributed by atoms with Gasteiger partial charge in [-0.05, 0) is 49.9 Å². The van der Waals surface area contributed by atoms with Gasteiger partial charge in [0.1, 0.15) is 11.4 Å². The third kappa shape index (κ3) is 4.49. The molecular formula is C20H23N5O2. The third-order valence-electron chi connectivity index (χ3n) is 5.02. The number of rotatable bonds is 6. The van der Waals surface area contributed by atoms with E-state index in [1.165, 1.54) is 24.8 Å². The van der Waals surface area contributed by atoms with Crippen LogP contribution in [0.25, 0.3) is 11.5 Å². The maximum atomic E-state index is 9.65. The van der Waals surface area contributed by atoms with Gasteiger partial charge in [-0.1, -0.05) is 23.7 Å². The minimum atomic E-state index is 0.329. The summed E-state index contributed by atoms with van der Waals surface area (Å²) < 4.78 is 5.45. The standard InChI is InChI=1S/C20H23N5O2/c26-17-6-3-4-15(12-17)7-8-16-5-1-2-11-25(16)14-19-23-20(24-27-19)18-13-21-9-10-22-18/h3-4,6,9-10,12-13,16,26H,1-2,5,7-8,11,14H2. The topological polar surface area (TPSA) is 88.2 Å². The number of phenolic OH excluding ortho intramolecular Hbond substituents is 1. The third-order valence-corrected chi connectivity index (χ3v) is 5.02. The summed E-state index contributed by atoms with van der Waals surface area (Å²) in [4.78, 5) is 15.2. The van der Waals surface area contributed by atoms with Crippen LogP contribution in [0.1, 0.15) is 37.1 Å². The summed E-state index contributed by atoms with van der Waals surface area (Å²) in [5.74, 6) is 1.42. The molecule has 4 rings (SSSR count). The molecule has 7 nitrogen and oxygen atoms in total. The molecular weight excluding hydrogens is 342 g/mol. The molecule has 0 bridgehead atoms. The molecule has 1 unspecified atom stereocenters.